The van der Waals surface area contributed by atoms with Crippen LogP contribution in [0.1, 0.15) is 37.8 Å². The van der Waals surface area contributed by atoms with E-state index in [0.717, 1.165) is 42.5 Å². The van der Waals surface area contributed by atoms with Gasteiger partial charge in [-0.1, -0.05) is 38.1 Å². The predicted molar refractivity (Wildman–Crippen MR) is 122 cm³/mol. The van der Waals surface area contributed by atoms with Gasteiger partial charge in [-0.15, -0.1) is 0 Å². The minimum absolute atomic E-state index is 0.0872. The minimum atomic E-state index is -0.0872. The summed E-state index contributed by atoms with van der Waals surface area (Å²) in [6, 6.07) is 16.3. The van der Waals surface area contributed by atoms with Crippen molar-refractivity contribution in [2.45, 2.75) is 38.6 Å². The summed E-state index contributed by atoms with van der Waals surface area (Å²) in [7, 11) is 3.46. The van der Waals surface area contributed by atoms with Crippen LogP contribution >= 0.6 is 0 Å². The highest BCUT2D eigenvalue weighted by molar-refractivity contribution is 5.95. The van der Waals surface area contributed by atoms with E-state index >= 15 is 0 Å². The highest BCUT2D eigenvalue weighted by Crippen LogP contribution is 2.26. The van der Waals surface area contributed by atoms with Gasteiger partial charge >= 0.3 is 0 Å². The molecule has 0 unspecified atom stereocenters. The number of benzene rings is 2. The molecule has 2 aromatic carbocycles. The third-order valence-electron chi connectivity index (χ3n) is 5.55. The van der Waals surface area contributed by atoms with Crippen LogP contribution in [0.15, 0.2) is 53.5 Å². The molecule has 1 aliphatic rings. The number of nitrogens with zero attached hydrogens (tertiary/aromatic N) is 2. The Kier molecular flexibility index (Phi) is 6.98. The molecule has 1 aliphatic heterocycles. The standard InChI is InChI=1S/C24H32N4O2/c1-24(2,19-7-5-8-21(15-19)30-4)17-27-23(25-3)26-16-18-10-12-20(13-11-18)28-14-6-9-22(28)29/h5,7-8,10-13,15H,6,9,14,16-17H2,1-4H3,(H2,25,26,27). The molecule has 30 heavy (non-hydrogen) atoms. The Morgan fingerprint density at radius 3 is 2.57 bits per heavy atom. The van der Waals surface area contributed by atoms with Crippen molar-refractivity contribution in [3.63, 3.8) is 0 Å². The molecule has 2 N–H and O–H groups in total. The second-order valence-electron chi connectivity index (χ2n) is 8.21. The van der Waals surface area contributed by atoms with Crippen molar-refractivity contribution in [1.82, 2.24) is 10.6 Å². The number of amides is 1. The summed E-state index contributed by atoms with van der Waals surface area (Å²) in [6.07, 6.45) is 1.59. The van der Waals surface area contributed by atoms with E-state index in [1.807, 2.05) is 29.2 Å². The topological polar surface area (TPSA) is 66.0 Å². The van der Waals surface area contributed by atoms with Crippen LogP contribution in [0.3, 0.4) is 0 Å². The summed E-state index contributed by atoms with van der Waals surface area (Å²) in [4.78, 5) is 18.1. The molecular weight excluding hydrogens is 376 g/mol. The molecule has 1 fully saturated rings. The number of methoxy groups -OCH3 is 1. The third-order valence-corrected chi connectivity index (χ3v) is 5.55. The smallest absolute Gasteiger partial charge is 0.227 e. The number of carbonyl (C=O) groups excluding carboxylic acids is 1. The fourth-order valence-electron chi connectivity index (χ4n) is 3.57. The lowest BCUT2D eigenvalue weighted by molar-refractivity contribution is -0.117. The van der Waals surface area contributed by atoms with E-state index in [9.17, 15) is 4.79 Å². The molecule has 1 saturated heterocycles. The molecule has 2 aromatic rings. The van der Waals surface area contributed by atoms with Gasteiger partial charge in [0.05, 0.1) is 7.11 Å². The zero-order chi connectivity index (χ0) is 21.6. The summed E-state index contributed by atoms with van der Waals surface area (Å²) in [5.74, 6) is 1.83. The fourth-order valence-corrected chi connectivity index (χ4v) is 3.57. The monoisotopic (exact) mass is 408 g/mol. The molecule has 0 atom stereocenters. The number of nitrogens with one attached hydrogen (secondary N) is 2. The van der Waals surface area contributed by atoms with Crippen molar-refractivity contribution in [2.24, 2.45) is 4.99 Å². The van der Waals surface area contributed by atoms with E-state index in [-0.39, 0.29) is 11.3 Å². The van der Waals surface area contributed by atoms with E-state index in [1.54, 1.807) is 14.2 Å². The molecule has 160 valence electrons. The van der Waals surface area contributed by atoms with Gasteiger partial charge in [0.1, 0.15) is 5.75 Å². The van der Waals surface area contributed by atoms with Crippen LogP contribution in [0.25, 0.3) is 0 Å². The number of aliphatic imine (C=N–C) groups is 1. The molecule has 6 nitrogen and oxygen atoms in total. The van der Waals surface area contributed by atoms with Crippen molar-refractivity contribution in [1.29, 1.82) is 0 Å². The first-order valence-corrected chi connectivity index (χ1v) is 10.4. The van der Waals surface area contributed by atoms with Crippen molar-refractivity contribution in [3.05, 3.63) is 59.7 Å². The number of guanidine groups is 1. The molecule has 0 bridgehead atoms. The van der Waals surface area contributed by atoms with Gasteiger partial charge in [-0.2, -0.15) is 0 Å². The molecule has 0 aliphatic carbocycles. The highest BCUT2D eigenvalue weighted by atomic mass is 16.5. The lowest BCUT2D eigenvalue weighted by Crippen LogP contribution is -2.43. The maximum absolute atomic E-state index is 11.9. The summed E-state index contributed by atoms with van der Waals surface area (Å²) in [6.45, 7) is 6.60. The van der Waals surface area contributed by atoms with Gasteiger partial charge in [0.2, 0.25) is 5.91 Å². The van der Waals surface area contributed by atoms with Gasteiger partial charge in [0, 0.05) is 44.2 Å². The molecule has 0 saturated carbocycles. The van der Waals surface area contributed by atoms with Crippen molar-refractivity contribution in [2.75, 3.05) is 32.1 Å². The Morgan fingerprint density at radius 2 is 1.93 bits per heavy atom. The molecular formula is C24H32N4O2. The van der Waals surface area contributed by atoms with Gasteiger partial charge in [0.25, 0.3) is 0 Å². The van der Waals surface area contributed by atoms with E-state index in [1.165, 1.54) is 5.56 Å². The average Bonchev–Trinajstić information content (AvgIpc) is 3.20. The molecule has 1 amide bonds. The maximum Gasteiger partial charge on any atom is 0.227 e. The minimum Gasteiger partial charge on any atom is -0.497 e. The van der Waals surface area contributed by atoms with Gasteiger partial charge in [-0.25, -0.2) is 0 Å². The van der Waals surface area contributed by atoms with E-state index in [0.29, 0.717) is 13.0 Å². The molecule has 0 radical (unpaired) electrons. The van der Waals surface area contributed by atoms with Gasteiger partial charge in [-0.3, -0.25) is 9.79 Å². The second kappa shape index (κ2) is 9.65. The van der Waals surface area contributed by atoms with Crippen LogP contribution in [0.4, 0.5) is 5.69 Å². The summed E-state index contributed by atoms with van der Waals surface area (Å²) in [5, 5.41) is 6.79. The number of anilines is 1. The van der Waals surface area contributed by atoms with Crippen LogP contribution in [0.2, 0.25) is 0 Å². The SMILES string of the molecule is CN=C(NCc1ccc(N2CCCC2=O)cc1)NCC(C)(C)c1cccc(OC)c1. The predicted octanol–water partition coefficient (Wildman–Crippen LogP) is 3.46. The lowest BCUT2D eigenvalue weighted by Gasteiger charge is -2.27. The zero-order valence-corrected chi connectivity index (χ0v) is 18.4. The molecule has 3 rings (SSSR count). The Morgan fingerprint density at radius 1 is 1.17 bits per heavy atom. The number of hydrogen-bond acceptors (Lipinski definition) is 3. The van der Waals surface area contributed by atoms with E-state index < -0.39 is 0 Å². The van der Waals surface area contributed by atoms with E-state index in [2.05, 4.69) is 53.7 Å². The second-order valence-corrected chi connectivity index (χ2v) is 8.21. The molecule has 0 spiro atoms. The van der Waals surface area contributed by atoms with Crippen LogP contribution in [0.5, 0.6) is 5.75 Å². The normalized spacial score (nSPS) is 14.7. The van der Waals surface area contributed by atoms with Crippen LogP contribution in [-0.2, 0) is 16.8 Å². The Bertz CT molecular complexity index is 890. The van der Waals surface area contributed by atoms with Crippen LogP contribution in [0, 0.1) is 0 Å². The first-order valence-electron chi connectivity index (χ1n) is 10.4. The lowest BCUT2D eigenvalue weighted by atomic mass is 9.84. The number of rotatable bonds is 7. The Labute approximate surface area is 179 Å². The number of ether oxygens (including phenoxy) is 1. The fraction of sp³-hybridized carbons (Fsp3) is 0.417. The first-order chi connectivity index (χ1) is 14.4. The van der Waals surface area contributed by atoms with Gasteiger partial charge in [-0.05, 0) is 41.8 Å². The summed E-state index contributed by atoms with van der Waals surface area (Å²) in [5.41, 5.74) is 3.23. The molecule has 0 aromatic heterocycles. The molecule has 1 heterocycles. The van der Waals surface area contributed by atoms with Crippen LogP contribution in [-0.4, -0.2) is 39.1 Å². The summed E-state index contributed by atoms with van der Waals surface area (Å²) < 4.78 is 5.35. The molecule has 6 heteroatoms. The van der Waals surface area contributed by atoms with Crippen molar-refractivity contribution in [3.8, 4) is 5.75 Å². The van der Waals surface area contributed by atoms with Gasteiger partial charge in [0.15, 0.2) is 5.96 Å². The number of hydrogen-bond donors (Lipinski definition) is 2. The van der Waals surface area contributed by atoms with Crippen LogP contribution < -0.4 is 20.3 Å². The zero-order valence-electron chi connectivity index (χ0n) is 18.4. The summed E-state index contributed by atoms with van der Waals surface area (Å²) >= 11 is 0. The largest absolute Gasteiger partial charge is 0.497 e. The third kappa shape index (κ3) is 5.32. The Hall–Kier alpha value is -3.02. The van der Waals surface area contributed by atoms with E-state index in [4.69, 9.17) is 4.74 Å². The Balaban J connectivity index is 1.53. The number of carbonyl (C=O) groups is 1. The van der Waals surface area contributed by atoms with Crippen molar-refractivity contribution < 1.29 is 9.53 Å². The first kappa shape index (κ1) is 21.7. The maximum atomic E-state index is 11.9. The van der Waals surface area contributed by atoms with Crippen molar-refractivity contribution >= 4 is 17.6 Å². The highest BCUT2D eigenvalue weighted by Gasteiger charge is 2.22. The van der Waals surface area contributed by atoms with Gasteiger partial charge < -0.3 is 20.3 Å². The quantitative estimate of drug-likeness (QED) is 0.544. The average molecular weight is 409 g/mol.